The predicted octanol–water partition coefficient (Wildman–Crippen LogP) is 2.69. The fourth-order valence-electron chi connectivity index (χ4n) is 4.93. The minimum Gasteiger partial charge on any atom is -0.493 e. The Morgan fingerprint density at radius 1 is 1.16 bits per heavy atom. The van der Waals surface area contributed by atoms with Crippen molar-refractivity contribution in [2.45, 2.75) is 32.6 Å². The van der Waals surface area contributed by atoms with E-state index in [9.17, 15) is 10.1 Å². The number of hydrogen-bond donors (Lipinski definition) is 1. The summed E-state index contributed by atoms with van der Waals surface area (Å²) < 4.78 is 16.4. The van der Waals surface area contributed by atoms with E-state index in [1.54, 1.807) is 20.3 Å². The Hall–Kier alpha value is -3.02. The average Bonchev–Trinajstić information content (AvgIpc) is 2.77. The van der Waals surface area contributed by atoms with E-state index in [1.807, 2.05) is 17.1 Å². The molecule has 170 valence electrons. The second kappa shape index (κ2) is 8.49. The van der Waals surface area contributed by atoms with Gasteiger partial charge in [-0.1, -0.05) is 19.9 Å². The van der Waals surface area contributed by atoms with E-state index in [2.05, 4.69) is 24.9 Å². The Kier molecular flexibility index (Phi) is 5.89. The third-order valence-electron chi connectivity index (χ3n) is 6.37. The number of carbonyl (C=O) groups is 1. The van der Waals surface area contributed by atoms with Gasteiger partial charge in [-0.15, -0.1) is 0 Å². The summed E-state index contributed by atoms with van der Waals surface area (Å²) in [6.45, 7) is 6.63. The molecule has 3 aliphatic rings. The monoisotopic (exact) mass is 438 g/mol. The number of rotatable bonds is 4. The van der Waals surface area contributed by atoms with Crippen LogP contribution in [0.4, 0.5) is 0 Å². The second-order valence-corrected chi connectivity index (χ2v) is 9.14. The van der Waals surface area contributed by atoms with E-state index >= 15 is 0 Å². The molecule has 8 heteroatoms. The van der Waals surface area contributed by atoms with Crippen molar-refractivity contribution in [3.8, 4) is 17.6 Å². The zero-order valence-electron chi connectivity index (χ0n) is 19.1. The highest BCUT2D eigenvalue weighted by Gasteiger charge is 2.46. The molecule has 1 fully saturated rings. The molecule has 2 N–H and O–H groups in total. The molecule has 8 nitrogen and oxygen atoms in total. The largest absolute Gasteiger partial charge is 0.493 e. The molecule has 1 saturated heterocycles. The van der Waals surface area contributed by atoms with Crippen molar-refractivity contribution in [3.63, 3.8) is 0 Å². The van der Waals surface area contributed by atoms with Crippen LogP contribution in [-0.4, -0.2) is 56.3 Å². The topological polar surface area (TPSA) is 101 Å². The first kappa shape index (κ1) is 22.2. The van der Waals surface area contributed by atoms with Gasteiger partial charge in [0.1, 0.15) is 5.82 Å². The number of carbonyl (C=O) groups excluding carboxylic acids is 1. The molecule has 1 aliphatic carbocycles. The van der Waals surface area contributed by atoms with Crippen LogP contribution in [0.15, 0.2) is 40.9 Å². The summed E-state index contributed by atoms with van der Waals surface area (Å²) in [6.07, 6.45) is 1.11. The maximum absolute atomic E-state index is 13.5. The molecular weight excluding hydrogens is 408 g/mol. The second-order valence-electron chi connectivity index (χ2n) is 9.14. The van der Waals surface area contributed by atoms with Gasteiger partial charge in [0.2, 0.25) is 0 Å². The minimum absolute atomic E-state index is 0.0505. The van der Waals surface area contributed by atoms with Crippen molar-refractivity contribution in [2.24, 2.45) is 11.1 Å². The third-order valence-corrected chi connectivity index (χ3v) is 6.37. The SMILES string of the molecule is COc1ccc([C@@H]2C(C#N)=C(N)N(N3CCOCC3)C3=C2C(=O)CC(C)(C)C3)cc1OC. The van der Waals surface area contributed by atoms with Gasteiger partial charge in [-0.05, 0) is 29.5 Å². The number of nitriles is 1. The van der Waals surface area contributed by atoms with E-state index in [-0.39, 0.29) is 11.2 Å². The van der Waals surface area contributed by atoms with Gasteiger partial charge in [0.05, 0.1) is 45.0 Å². The molecule has 2 aliphatic heterocycles. The van der Waals surface area contributed by atoms with E-state index in [1.165, 1.54) is 0 Å². The van der Waals surface area contributed by atoms with Gasteiger partial charge in [0, 0.05) is 30.8 Å². The maximum Gasteiger partial charge on any atom is 0.162 e. The summed E-state index contributed by atoms with van der Waals surface area (Å²) in [7, 11) is 3.14. The van der Waals surface area contributed by atoms with Crippen LogP contribution in [0.2, 0.25) is 0 Å². The van der Waals surface area contributed by atoms with Crippen LogP contribution in [0.25, 0.3) is 0 Å². The van der Waals surface area contributed by atoms with Gasteiger partial charge in [-0.25, -0.2) is 5.01 Å². The van der Waals surface area contributed by atoms with Crippen LogP contribution >= 0.6 is 0 Å². The van der Waals surface area contributed by atoms with Crippen molar-refractivity contribution in [1.29, 1.82) is 5.26 Å². The summed E-state index contributed by atoms with van der Waals surface area (Å²) in [4.78, 5) is 13.5. The number of nitrogens with two attached hydrogens (primary N) is 1. The first-order chi connectivity index (χ1) is 15.3. The van der Waals surface area contributed by atoms with Crippen molar-refractivity contribution >= 4 is 5.78 Å². The number of nitrogens with zero attached hydrogens (tertiary/aromatic N) is 3. The highest BCUT2D eigenvalue weighted by Crippen LogP contribution is 2.50. The molecule has 1 aromatic rings. The molecule has 0 unspecified atom stereocenters. The number of ether oxygens (including phenoxy) is 3. The molecule has 0 radical (unpaired) electrons. The molecule has 1 atom stereocenters. The van der Waals surface area contributed by atoms with E-state index in [0.29, 0.717) is 67.6 Å². The van der Waals surface area contributed by atoms with Crippen molar-refractivity contribution < 1.29 is 19.0 Å². The Morgan fingerprint density at radius 2 is 1.84 bits per heavy atom. The number of benzene rings is 1. The van der Waals surface area contributed by atoms with Crippen molar-refractivity contribution in [3.05, 3.63) is 46.4 Å². The zero-order valence-corrected chi connectivity index (χ0v) is 19.1. The fraction of sp³-hybridized carbons (Fsp3) is 0.500. The molecule has 0 spiro atoms. The van der Waals surface area contributed by atoms with E-state index < -0.39 is 5.92 Å². The predicted molar refractivity (Wildman–Crippen MR) is 118 cm³/mol. The van der Waals surface area contributed by atoms with Crippen LogP contribution in [0.3, 0.4) is 0 Å². The molecule has 4 rings (SSSR count). The van der Waals surface area contributed by atoms with Crippen molar-refractivity contribution in [1.82, 2.24) is 10.0 Å². The first-order valence-electron chi connectivity index (χ1n) is 10.8. The molecule has 0 saturated carbocycles. The van der Waals surface area contributed by atoms with Gasteiger partial charge in [-0.3, -0.25) is 9.80 Å². The maximum atomic E-state index is 13.5. The van der Waals surface area contributed by atoms with Crippen LogP contribution in [0.5, 0.6) is 11.5 Å². The normalized spacial score (nSPS) is 23.7. The standard InChI is InChI=1S/C24H30N4O4/c1-24(2)12-17-22(18(29)13-24)21(15-5-6-19(30-3)20(11-15)31-4)16(14-25)23(26)28(17)27-7-9-32-10-8-27/h5-6,11,21H,7-10,12-13,26H2,1-4H3/t21-/m1/s1. The summed E-state index contributed by atoms with van der Waals surface area (Å²) in [5.41, 5.74) is 9.14. The Labute approximate surface area is 188 Å². The van der Waals surface area contributed by atoms with Gasteiger partial charge in [-0.2, -0.15) is 5.26 Å². The number of ketones is 1. The van der Waals surface area contributed by atoms with Crippen molar-refractivity contribution in [2.75, 3.05) is 40.5 Å². The molecule has 1 aromatic carbocycles. The molecular formula is C24H30N4O4. The molecule has 32 heavy (non-hydrogen) atoms. The zero-order chi connectivity index (χ0) is 23.0. The molecule has 2 heterocycles. The lowest BCUT2D eigenvalue weighted by molar-refractivity contribution is -0.119. The Bertz CT molecular complexity index is 1030. The van der Waals surface area contributed by atoms with E-state index in [4.69, 9.17) is 19.9 Å². The fourth-order valence-corrected chi connectivity index (χ4v) is 4.93. The van der Waals surface area contributed by atoms with Gasteiger partial charge >= 0.3 is 0 Å². The quantitative estimate of drug-likeness (QED) is 0.766. The van der Waals surface area contributed by atoms with Crippen LogP contribution in [0.1, 0.15) is 38.2 Å². The molecule has 0 aromatic heterocycles. The number of allylic oxidation sites excluding steroid dienone is 3. The molecule has 0 bridgehead atoms. The van der Waals surface area contributed by atoms with Crippen LogP contribution in [0, 0.1) is 16.7 Å². The number of morpholine rings is 1. The smallest absolute Gasteiger partial charge is 0.162 e. The van der Waals surface area contributed by atoms with Gasteiger partial charge in [0.15, 0.2) is 17.3 Å². The van der Waals surface area contributed by atoms with E-state index in [0.717, 1.165) is 11.3 Å². The number of hydrazine groups is 1. The minimum atomic E-state index is -0.546. The number of hydrogen-bond acceptors (Lipinski definition) is 8. The highest BCUT2D eigenvalue weighted by atomic mass is 16.5. The Morgan fingerprint density at radius 3 is 2.47 bits per heavy atom. The number of methoxy groups -OCH3 is 2. The summed E-state index contributed by atoms with van der Waals surface area (Å²) >= 11 is 0. The summed E-state index contributed by atoms with van der Waals surface area (Å²) in [5, 5.41) is 14.2. The lowest BCUT2D eigenvalue weighted by Crippen LogP contribution is -2.53. The first-order valence-corrected chi connectivity index (χ1v) is 10.8. The third kappa shape index (κ3) is 3.72. The lowest BCUT2D eigenvalue weighted by atomic mass is 9.69. The Balaban J connectivity index is 1.92. The highest BCUT2D eigenvalue weighted by molar-refractivity contribution is 6.00. The lowest BCUT2D eigenvalue weighted by Gasteiger charge is -2.48. The van der Waals surface area contributed by atoms with Crippen LogP contribution < -0.4 is 15.2 Å². The van der Waals surface area contributed by atoms with Gasteiger partial charge in [0.25, 0.3) is 0 Å². The average molecular weight is 439 g/mol. The number of Topliss-reactive ketones (excluding diaryl/α,β-unsaturated/α-hetero) is 1. The summed E-state index contributed by atoms with van der Waals surface area (Å²) in [5.74, 6) is 1.01. The van der Waals surface area contributed by atoms with Gasteiger partial charge < -0.3 is 19.9 Å². The molecule has 0 amide bonds. The summed E-state index contributed by atoms with van der Waals surface area (Å²) in [6, 6.07) is 7.81. The van der Waals surface area contributed by atoms with Crippen LogP contribution in [-0.2, 0) is 9.53 Å².